The van der Waals surface area contributed by atoms with Gasteiger partial charge in [0.1, 0.15) is 19.8 Å². The molecule has 0 aromatic carbocycles. The molecule has 0 radical (unpaired) electrons. The molecule has 0 heterocycles. The molecule has 0 spiro atoms. The standard InChI is InChI=1S/C62H112NO8P/c1-6-8-10-12-14-16-18-20-22-24-26-28-30-31-33-34-36-38-40-42-44-46-48-50-52-54-61(64)68-58-60(59-70-72(66,67)69-57-56-63(3,4)5)71-62(65)55-53-51-49-47-45-43-41-39-37-35-32-29-27-25-23-21-19-17-15-13-11-9-7-2/h9,11,15,17,21,23,27,29,35,37,41,43,60H,6-8,10,12-14,16,18-20,22,24-26,28,30-34,36,38-40,42,44-59H2,1-5H3/p+1/b11-9-,17-15-,23-21-,29-27-,37-35-,43-41-. The van der Waals surface area contributed by atoms with Gasteiger partial charge in [-0.2, -0.15) is 0 Å². The summed E-state index contributed by atoms with van der Waals surface area (Å²) in [5, 5.41) is 0. The van der Waals surface area contributed by atoms with Crippen LogP contribution >= 0.6 is 7.82 Å². The summed E-state index contributed by atoms with van der Waals surface area (Å²) in [6.07, 6.45) is 69.8. The van der Waals surface area contributed by atoms with E-state index in [1.54, 1.807) is 0 Å². The van der Waals surface area contributed by atoms with Crippen LogP contribution in [0, 0.1) is 0 Å². The fraction of sp³-hybridized carbons (Fsp3) is 0.774. The predicted molar refractivity (Wildman–Crippen MR) is 307 cm³/mol. The normalized spacial score (nSPS) is 13.8. The maximum absolute atomic E-state index is 12.8. The Bertz CT molecular complexity index is 1450. The van der Waals surface area contributed by atoms with Gasteiger partial charge in [-0.3, -0.25) is 18.6 Å². The summed E-state index contributed by atoms with van der Waals surface area (Å²) in [5.74, 6) is -0.820. The predicted octanol–water partition coefficient (Wildman–Crippen LogP) is 18.5. The van der Waals surface area contributed by atoms with E-state index in [2.05, 4.69) is 86.8 Å². The van der Waals surface area contributed by atoms with Gasteiger partial charge in [0.2, 0.25) is 0 Å². The van der Waals surface area contributed by atoms with E-state index in [9.17, 15) is 19.0 Å². The molecule has 0 aliphatic carbocycles. The summed E-state index contributed by atoms with van der Waals surface area (Å²) in [4.78, 5) is 35.7. The van der Waals surface area contributed by atoms with E-state index >= 15 is 0 Å². The quantitative estimate of drug-likeness (QED) is 0.0211. The van der Waals surface area contributed by atoms with Gasteiger partial charge in [0.25, 0.3) is 0 Å². The van der Waals surface area contributed by atoms with Crippen LogP contribution in [0.5, 0.6) is 0 Å². The Hall–Kier alpha value is -2.55. The van der Waals surface area contributed by atoms with Gasteiger partial charge in [0, 0.05) is 12.8 Å². The number of unbranched alkanes of at least 4 members (excludes halogenated alkanes) is 28. The van der Waals surface area contributed by atoms with Crippen molar-refractivity contribution in [3.63, 3.8) is 0 Å². The zero-order valence-corrected chi connectivity index (χ0v) is 48.3. The topological polar surface area (TPSA) is 108 Å². The number of allylic oxidation sites excluding steroid dienone is 12. The summed E-state index contributed by atoms with van der Waals surface area (Å²) in [7, 11) is 1.46. The molecule has 72 heavy (non-hydrogen) atoms. The molecule has 0 aromatic rings. The molecule has 418 valence electrons. The van der Waals surface area contributed by atoms with Crippen LogP contribution < -0.4 is 0 Å². The Kier molecular flexibility index (Phi) is 51.4. The highest BCUT2D eigenvalue weighted by molar-refractivity contribution is 7.47. The van der Waals surface area contributed by atoms with Crippen molar-refractivity contribution in [2.75, 3.05) is 47.5 Å². The van der Waals surface area contributed by atoms with Gasteiger partial charge in [-0.1, -0.05) is 254 Å². The number of nitrogens with zero attached hydrogens (tertiary/aromatic N) is 1. The van der Waals surface area contributed by atoms with Crippen LogP contribution in [0.4, 0.5) is 0 Å². The van der Waals surface area contributed by atoms with Crippen molar-refractivity contribution in [1.82, 2.24) is 0 Å². The molecule has 10 heteroatoms. The third kappa shape index (κ3) is 56.7. The minimum Gasteiger partial charge on any atom is -0.462 e. The van der Waals surface area contributed by atoms with E-state index in [1.165, 1.54) is 141 Å². The lowest BCUT2D eigenvalue weighted by molar-refractivity contribution is -0.870. The van der Waals surface area contributed by atoms with Crippen molar-refractivity contribution < 1.29 is 42.1 Å². The van der Waals surface area contributed by atoms with E-state index in [0.717, 1.165) is 83.5 Å². The minimum atomic E-state index is -4.40. The van der Waals surface area contributed by atoms with Gasteiger partial charge in [-0.15, -0.1) is 0 Å². The van der Waals surface area contributed by atoms with Crippen molar-refractivity contribution in [2.45, 2.75) is 264 Å². The number of phosphoric ester groups is 1. The second-order valence-electron chi connectivity index (χ2n) is 21.0. The van der Waals surface area contributed by atoms with Crippen LogP contribution in [0.3, 0.4) is 0 Å². The minimum absolute atomic E-state index is 0.0242. The molecule has 9 nitrogen and oxygen atoms in total. The Morgan fingerprint density at radius 3 is 1.18 bits per heavy atom. The molecule has 0 bridgehead atoms. The number of likely N-dealkylation sites (N-methyl/N-ethyl adjacent to an activating group) is 1. The maximum atomic E-state index is 12.8. The van der Waals surface area contributed by atoms with Crippen LogP contribution in [0.25, 0.3) is 0 Å². The number of rotatable bonds is 54. The molecule has 1 N–H and O–H groups in total. The maximum Gasteiger partial charge on any atom is 0.472 e. The van der Waals surface area contributed by atoms with Gasteiger partial charge in [0.15, 0.2) is 6.10 Å². The van der Waals surface area contributed by atoms with Crippen LogP contribution in [0.1, 0.15) is 258 Å². The summed E-state index contributed by atoms with van der Waals surface area (Å²) in [6, 6.07) is 0. The molecule has 0 saturated heterocycles. The molecule has 2 atom stereocenters. The Morgan fingerprint density at radius 2 is 0.792 bits per heavy atom. The van der Waals surface area contributed by atoms with E-state index in [-0.39, 0.29) is 32.0 Å². The number of phosphoric acid groups is 1. The number of esters is 2. The molecule has 0 saturated carbocycles. The lowest BCUT2D eigenvalue weighted by atomic mass is 10.0. The first kappa shape index (κ1) is 69.5. The third-order valence-corrected chi connectivity index (χ3v) is 13.7. The molecular formula is C62H113NO8P+. The van der Waals surface area contributed by atoms with Gasteiger partial charge >= 0.3 is 19.8 Å². The smallest absolute Gasteiger partial charge is 0.462 e. The van der Waals surface area contributed by atoms with Crippen LogP contribution in [-0.2, 0) is 32.7 Å². The number of quaternary nitrogens is 1. The Labute approximate surface area is 444 Å². The third-order valence-electron chi connectivity index (χ3n) is 12.8. The average molecular weight is 1030 g/mol. The first-order chi connectivity index (χ1) is 35.0. The summed E-state index contributed by atoms with van der Waals surface area (Å²) in [6.45, 7) is 4.32. The first-order valence-corrected chi connectivity index (χ1v) is 31.2. The van der Waals surface area contributed by atoms with Gasteiger partial charge in [-0.05, 0) is 64.2 Å². The molecule has 0 fully saturated rings. The average Bonchev–Trinajstić information content (AvgIpc) is 3.34. The molecule has 0 aromatic heterocycles. The van der Waals surface area contributed by atoms with Crippen LogP contribution in [0.15, 0.2) is 72.9 Å². The zero-order valence-electron chi connectivity index (χ0n) is 47.4. The molecule has 0 rings (SSSR count). The highest BCUT2D eigenvalue weighted by Crippen LogP contribution is 2.43. The fourth-order valence-electron chi connectivity index (χ4n) is 8.20. The van der Waals surface area contributed by atoms with Crippen molar-refractivity contribution in [2.24, 2.45) is 0 Å². The number of hydrogen-bond acceptors (Lipinski definition) is 7. The lowest BCUT2D eigenvalue weighted by Crippen LogP contribution is -2.37. The second kappa shape index (κ2) is 53.3. The second-order valence-corrected chi connectivity index (χ2v) is 22.5. The van der Waals surface area contributed by atoms with Gasteiger partial charge in [0.05, 0.1) is 27.7 Å². The van der Waals surface area contributed by atoms with Crippen LogP contribution in [-0.4, -0.2) is 74.9 Å². The first-order valence-electron chi connectivity index (χ1n) is 29.7. The summed E-state index contributed by atoms with van der Waals surface area (Å²) >= 11 is 0. The summed E-state index contributed by atoms with van der Waals surface area (Å²) < 4.78 is 34.6. The molecular weight excluding hydrogens is 918 g/mol. The highest BCUT2D eigenvalue weighted by Gasteiger charge is 2.27. The van der Waals surface area contributed by atoms with Gasteiger partial charge in [-0.25, -0.2) is 4.57 Å². The molecule has 2 unspecified atom stereocenters. The molecule has 0 aliphatic rings. The van der Waals surface area contributed by atoms with Crippen molar-refractivity contribution in [3.05, 3.63) is 72.9 Å². The number of carbonyl (C=O) groups is 2. The lowest BCUT2D eigenvalue weighted by Gasteiger charge is -2.24. The van der Waals surface area contributed by atoms with Crippen molar-refractivity contribution in [3.8, 4) is 0 Å². The number of hydrogen-bond donors (Lipinski definition) is 1. The Morgan fingerprint density at radius 1 is 0.444 bits per heavy atom. The summed E-state index contributed by atoms with van der Waals surface area (Å²) in [5.41, 5.74) is 0. The van der Waals surface area contributed by atoms with E-state index in [4.69, 9.17) is 18.5 Å². The van der Waals surface area contributed by atoms with E-state index in [1.807, 2.05) is 21.1 Å². The van der Waals surface area contributed by atoms with Crippen LogP contribution in [0.2, 0.25) is 0 Å². The highest BCUT2D eigenvalue weighted by atomic mass is 31.2. The molecule has 0 aliphatic heterocycles. The van der Waals surface area contributed by atoms with E-state index < -0.39 is 26.5 Å². The Balaban J connectivity index is 4.19. The van der Waals surface area contributed by atoms with Crippen molar-refractivity contribution in [1.29, 1.82) is 0 Å². The zero-order chi connectivity index (χ0) is 52.7. The largest absolute Gasteiger partial charge is 0.472 e. The number of carbonyl (C=O) groups excluding carboxylic acids is 2. The monoisotopic (exact) mass is 1030 g/mol. The SMILES string of the molecule is CC/C=C\C/C=C\C/C=C\C/C=C\C/C=C\C/C=C\CCCCCCC(=O)OC(COC(=O)CCCCCCCCCCCCCCCCCCCCCCCCCCC)COP(=O)(O)OCC[N+](C)(C)C. The van der Waals surface area contributed by atoms with E-state index in [0.29, 0.717) is 17.4 Å². The number of ether oxygens (including phenoxy) is 2. The van der Waals surface area contributed by atoms with Crippen molar-refractivity contribution >= 4 is 19.8 Å². The fourth-order valence-corrected chi connectivity index (χ4v) is 8.94. The molecule has 0 amide bonds. The van der Waals surface area contributed by atoms with Gasteiger partial charge < -0.3 is 18.9 Å².